The first-order valence-electron chi connectivity index (χ1n) is 5.64. The van der Waals surface area contributed by atoms with Crippen LogP contribution in [0.4, 0.5) is 4.79 Å². The van der Waals surface area contributed by atoms with Crippen molar-refractivity contribution in [2.75, 3.05) is 20.3 Å². The first kappa shape index (κ1) is 18.9. The lowest BCUT2D eigenvalue weighted by atomic mass is 9.98. The number of nitrogens with one attached hydrogen (secondary N) is 1. The molecule has 0 bridgehead atoms. The van der Waals surface area contributed by atoms with Gasteiger partial charge in [-0.15, -0.1) is 0 Å². The van der Waals surface area contributed by atoms with Gasteiger partial charge in [-0.1, -0.05) is 46.6 Å². The van der Waals surface area contributed by atoms with E-state index in [2.05, 4.69) is 10.1 Å². The molecule has 6 nitrogen and oxygen atoms in total. The molecule has 1 rings (SSSR count). The van der Waals surface area contributed by atoms with Crippen LogP contribution in [-0.2, 0) is 19.0 Å². The summed E-state index contributed by atoms with van der Waals surface area (Å²) in [5.74, 6) is -0.450. The topological polar surface area (TPSA) is 73.9 Å². The molecule has 0 spiro atoms. The lowest BCUT2D eigenvalue weighted by Gasteiger charge is -2.35. The summed E-state index contributed by atoms with van der Waals surface area (Å²) in [6.45, 7) is -0.408. The zero-order valence-electron chi connectivity index (χ0n) is 10.8. The maximum absolute atomic E-state index is 11.4. The number of thiocarbonyl (C=S) groups is 1. The van der Waals surface area contributed by atoms with E-state index in [1.807, 2.05) is 0 Å². The third-order valence-electron chi connectivity index (χ3n) is 2.38. The predicted molar refractivity (Wildman–Crippen MR) is 84.8 cm³/mol. The van der Waals surface area contributed by atoms with Crippen molar-refractivity contribution in [3.8, 4) is 0 Å². The van der Waals surface area contributed by atoms with Crippen LogP contribution in [0.1, 0.15) is 6.42 Å². The second-order valence-electron chi connectivity index (χ2n) is 3.90. The smallest absolute Gasteiger partial charge is 0.482 e. The molecule has 0 radical (unpaired) electrons. The highest BCUT2D eigenvalue weighted by Crippen LogP contribution is 2.30. The van der Waals surface area contributed by atoms with Gasteiger partial charge in [-0.2, -0.15) is 0 Å². The molecule has 0 saturated carbocycles. The Balaban J connectivity index is 2.23. The highest BCUT2D eigenvalue weighted by Gasteiger charge is 2.40. The fourth-order valence-corrected chi connectivity index (χ4v) is 2.76. The quantitative estimate of drug-likeness (QED) is 0.331. The van der Waals surface area contributed by atoms with Crippen LogP contribution in [-0.4, -0.2) is 45.9 Å². The molecule has 1 aliphatic heterocycles. The van der Waals surface area contributed by atoms with Crippen LogP contribution in [0, 0.1) is 5.92 Å². The minimum absolute atomic E-state index is 0.00752. The lowest BCUT2D eigenvalue weighted by Crippen LogP contribution is -2.56. The number of amides is 1. The SMILES string of the molecule is COC(=S)S[C@H]1NC(=O)[C@@H]1CCOC(=O)OCC(Cl)(Cl)Cl. The van der Waals surface area contributed by atoms with Crippen LogP contribution in [0.3, 0.4) is 0 Å². The highest BCUT2D eigenvalue weighted by atomic mass is 35.6. The Labute approximate surface area is 146 Å². The minimum Gasteiger partial charge on any atom is -0.482 e. The minimum atomic E-state index is -1.69. The summed E-state index contributed by atoms with van der Waals surface area (Å²) in [4.78, 5) is 22.6. The van der Waals surface area contributed by atoms with Crippen LogP contribution in [0.15, 0.2) is 0 Å². The van der Waals surface area contributed by atoms with E-state index < -0.39 is 16.6 Å². The van der Waals surface area contributed by atoms with Gasteiger partial charge in [-0.25, -0.2) is 4.79 Å². The molecule has 1 aliphatic rings. The fraction of sp³-hybridized carbons (Fsp3) is 0.700. The van der Waals surface area contributed by atoms with Crippen molar-refractivity contribution in [1.29, 1.82) is 0 Å². The molecule has 2 atom stereocenters. The van der Waals surface area contributed by atoms with Crippen molar-refractivity contribution < 1.29 is 23.8 Å². The van der Waals surface area contributed by atoms with Crippen LogP contribution >= 0.6 is 58.8 Å². The largest absolute Gasteiger partial charge is 0.508 e. The number of methoxy groups -OCH3 is 1. The molecule has 0 unspecified atom stereocenters. The zero-order chi connectivity index (χ0) is 16.0. The zero-order valence-corrected chi connectivity index (χ0v) is 14.7. The molecule has 0 aromatic carbocycles. The number of ether oxygens (including phenoxy) is 3. The summed E-state index contributed by atoms with van der Waals surface area (Å²) in [5.41, 5.74) is 0. The number of carbonyl (C=O) groups is 2. The second kappa shape index (κ2) is 8.47. The van der Waals surface area contributed by atoms with Gasteiger partial charge < -0.3 is 19.5 Å². The number of hydrogen-bond acceptors (Lipinski definition) is 7. The van der Waals surface area contributed by atoms with Gasteiger partial charge in [-0.3, -0.25) is 4.79 Å². The fourth-order valence-electron chi connectivity index (χ4n) is 1.39. The van der Waals surface area contributed by atoms with Gasteiger partial charge in [-0.05, 0) is 18.6 Å². The standard InChI is InChI=1S/C10H12Cl3NO5S2/c1-17-9(20)21-7-5(6(15)14-7)2-3-18-8(16)19-4-10(11,12)13/h5,7H,2-4H2,1H3,(H,14,15)/t5-,7+/m0/s1. The molecule has 120 valence electrons. The second-order valence-corrected chi connectivity index (χ2v) is 8.16. The number of carbonyl (C=O) groups excluding carboxylic acids is 2. The lowest BCUT2D eigenvalue weighted by molar-refractivity contribution is -0.133. The third-order valence-corrected chi connectivity index (χ3v) is 4.22. The molecular formula is C10H12Cl3NO5S2. The van der Waals surface area contributed by atoms with Crippen LogP contribution < -0.4 is 5.32 Å². The molecular weight excluding hydrogens is 385 g/mol. The summed E-state index contributed by atoms with van der Waals surface area (Å²) in [6.07, 6.45) is -0.628. The first-order valence-corrected chi connectivity index (χ1v) is 8.06. The van der Waals surface area contributed by atoms with Crippen molar-refractivity contribution in [3.05, 3.63) is 0 Å². The Morgan fingerprint density at radius 2 is 2.10 bits per heavy atom. The van der Waals surface area contributed by atoms with Crippen LogP contribution in [0.5, 0.6) is 0 Å². The van der Waals surface area contributed by atoms with Gasteiger partial charge in [0.2, 0.25) is 14.1 Å². The summed E-state index contributed by atoms with van der Waals surface area (Å²) < 4.78 is 12.8. The van der Waals surface area contributed by atoms with Gasteiger partial charge in [0, 0.05) is 0 Å². The molecule has 11 heteroatoms. The van der Waals surface area contributed by atoms with Crippen molar-refractivity contribution in [3.63, 3.8) is 0 Å². The normalized spacial score (nSPS) is 21.0. The molecule has 0 aromatic heterocycles. The van der Waals surface area contributed by atoms with Crippen LogP contribution in [0.2, 0.25) is 0 Å². The van der Waals surface area contributed by atoms with Crippen LogP contribution in [0.25, 0.3) is 0 Å². The van der Waals surface area contributed by atoms with Crippen molar-refractivity contribution in [2.45, 2.75) is 15.6 Å². The number of alkyl halides is 3. The van der Waals surface area contributed by atoms with Crippen molar-refractivity contribution >= 4 is 75.2 Å². The number of rotatable bonds is 5. The van der Waals surface area contributed by atoms with E-state index in [1.165, 1.54) is 18.9 Å². The Morgan fingerprint density at radius 3 is 2.62 bits per heavy atom. The molecule has 1 amide bonds. The Hall–Kier alpha value is -0.150. The first-order chi connectivity index (χ1) is 9.73. The van der Waals surface area contributed by atoms with E-state index in [4.69, 9.17) is 56.5 Å². The van der Waals surface area contributed by atoms with E-state index in [0.29, 0.717) is 10.8 Å². The van der Waals surface area contributed by atoms with Gasteiger partial charge >= 0.3 is 6.16 Å². The number of hydrogen-bond donors (Lipinski definition) is 1. The summed E-state index contributed by atoms with van der Waals surface area (Å²) in [6, 6.07) is 0. The van der Waals surface area contributed by atoms with E-state index in [-0.39, 0.29) is 23.8 Å². The molecule has 0 aromatic rings. The Morgan fingerprint density at radius 1 is 1.43 bits per heavy atom. The van der Waals surface area contributed by atoms with Crippen molar-refractivity contribution in [2.24, 2.45) is 5.92 Å². The van der Waals surface area contributed by atoms with Gasteiger partial charge in [0.15, 0.2) is 0 Å². The van der Waals surface area contributed by atoms with E-state index in [9.17, 15) is 9.59 Å². The molecule has 21 heavy (non-hydrogen) atoms. The van der Waals surface area contributed by atoms with Gasteiger partial charge in [0.1, 0.15) is 6.61 Å². The molecule has 1 N–H and O–H groups in total. The Kier molecular flexibility index (Phi) is 7.63. The summed E-state index contributed by atoms with van der Waals surface area (Å²) in [7, 11) is 1.45. The molecule has 1 fully saturated rings. The average molecular weight is 397 g/mol. The summed E-state index contributed by atoms with van der Waals surface area (Å²) >= 11 is 22.4. The number of thioether (sulfide) groups is 1. The maximum Gasteiger partial charge on any atom is 0.508 e. The van der Waals surface area contributed by atoms with Crippen molar-refractivity contribution in [1.82, 2.24) is 5.32 Å². The number of halogens is 3. The van der Waals surface area contributed by atoms with Gasteiger partial charge in [0.05, 0.1) is 25.0 Å². The van der Waals surface area contributed by atoms with Gasteiger partial charge in [0.25, 0.3) is 0 Å². The van der Waals surface area contributed by atoms with E-state index in [1.54, 1.807) is 0 Å². The third kappa shape index (κ3) is 7.10. The highest BCUT2D eigenvalue weighted by molar-refractivity contribution is 8.23. The van der Waals surface area contributed by atoms with E-state index in [0.717, 1.165) is 0 Å². The number of β-lactam (4-membered cyclic amide) rings is 1. The molecule has 0 aliphatic carbocycles. The maximum atomic E-state index is 11.4. The average Bonchev–Trinajstić information content (AvgIpc) is 2.39. The van der Waals surface area contributed by atoms with E-state index >= 15 is 0 Å². The molecule has 1 saturated heterocycles. The Bertz CT molecular complexity index is 418. The monoisotopic (exact) mass is 395 g/mol. The molecule has 1 heterocycles. The predicted octanol–water partition coefficient (Wildman–Crippen LogP) is 2.64. The summed E-state index contributed by atoms with van der Waals surface area (Å²) in [5, 5.41) is 2.48.